The first-order valence-electron chi connectivity index (χ1n) is 11.0. The van der Waals surface area contributed by atoms with Crippen molar-refractivity contribution in [3.05, 3.63) is 35.4 Å². The lowest BCUT2D eigenvalue weighted by Gasteiger charge is -2.30. The minimum absolute atomic E-state index is 0.0445. The van der Waals surface area contributed by atoms with Crippen LogP contribution in [0, 0.1) is 5.92 Å². The molecule has 0 radical (unpaired) electrons. The molecule has 30 heavy (non-hydrogen) atoms. The lowest BCUT2D eigenvalue weighted by atomic mass is 9.82. The fourth-order valence-corrected chi connectivity index (χ4v) is 4.67. The van der Waals surface area contributed by atoms with E-state index in [1.165, 1.54) is 12.5 Å². The molecular formula is C23H33N3O4. The number of carboxylic acid groups (broad SMARTS) is 1. The third kappa shape index (κ3) is 6.29. The van der Waals surface area contributed by atoms with Gasteiger partial charge in [-0.05, 0) is 87.6 Å². The third-order valence-electron chi connectivity index (χ3n) is 6.41. The number of carboxylic acids is 1. The molecule has 2 amide bonds. The number of carbonyl (C=O) groups excluding carboxylic acids is 2. The fourth-order valence-electron chi connectivity index (χ4n) is 4.67. The van der Waals surface area contributed by atoms with Gasteiger partial charge in [0.05, 0.1) is 0 Å². The van der Waals surface area contributed by atoms with Crippen LogP contribution in [-0.4, -0.2) is 48.1 Å². The molecule has 1 aromatic rings. The van der Waals surface area contributed by atoms with Crippen LogP contribution in [-0.2, 0) is 9.59 Å². The summed E-state index contributed by atoms with van der Waals surface area (Å²) in [6.07, 6.45) is 6.07. The van der Waals surface area contributed by atoms with E-state index >= 15 is 0 Å². The summed E-state index contributed by atoms with van der Waals surface area (Å²) in [6, 6.07) is 7.28. The molecular weight excluding hydrogens is 382 g/mol. The van der Waals surface area contributed by atoms with Crippen molar-refractivity contribution >= 4 is 17.8 Å². The van der Waals surface area contributed by atoms with Crippen LogP contribution in [0.15, 0.2) is 24.3 Å². The maximum atomic E-state index is 12.6. The zero-order chi connectivity index (χ0) is 21.5. The molecule has 1 unspecified atom stereocenters. The van der Waals surface area contributed by atoms with E-state index in [0.29, 0.717) is 17.9 Å². The predicted molar refractivity (Wildman–Crippen MR) is 114 cm³/mol. The summed E-state index contributed by atoms with van der Waals surface area (Å²) >= 11 is 0. The van der Waals surface area contributed by atoms with E-state index in [1.807, 2.05) is 12.1 Å². The molecule has 1 heterocycles. The van der Waals surface area contributed by atoms with E-state index in [1.54, 1.807) is 0 Å². The number of aliphatic carboxylic acids is 1. The van der Waals surface area contributed by atoms with Crippen LogP contribution in [0.2, 0.25) is 0 Å². The van der Waals surface area contributed by atoms with Crippen molar-refractivity contribution < 1.29 is 19.5 Å². The van der Waals surface area contributed by atoms with Gasteiger partial charge in [0.1, 0.15) is 6.04 Å². The van der Waals surface area contributed by atoms with E-state index in [2.05, 4.69) is 28.1 Å². The van der Waals surface area contributed by atoms with Crippen LogP contribution in [0.3, 0.4) is 0 Å². The molecule has 1 aliphatic heterocycles. The van der Waals surface area contributed by atoms with Crippen molar-refractivity contribution in [2.75, 3.05) is 13.1 Å². The number of carbonyl (C=O) groups is 3. The van der Waals surface area contributed by atoms with E-state index in [-0.39, 0.29) is 23.8 Å². The summed E-state index contributed by atoms with van der Waals surface area (Å²) in [5.74, 6) is -0.541. The lowest BCUT2D eigenvalue weighted by Crippen LogP contribution is -2.42. The number of rotatable bonds is 7. The molecule has 0 spiro atoms. The largest absolute Gasteiger partial charge is 0.480 e. The molecule has 1 aliphatic carbocycles. The van der Waals surface area contributed by atoms with E-state index < -0.39 is 12.0 Å². The van der Waals surface area contributed by atoms with Crippen LogP contribution in [0.5, 0.6) is 0 Å². The minimum Gasteiger partial charge on any atom is -0.480 e. The first kappa shape index (κ1) is 22.3. The van der Waals surface area contributed by atoms with Crippen molar-refractivity contribution in [1.29, 1.82) is 0 Å². The average Bonchev–Trinajstić information content (AvgIpc) is 2.75. The van der Waals surface area contributed by atoms with Crippen LogP contribution in [0.1, 0.15) is 73.7 Å². The topological polar surface area (TPSA) is 108 Å². The van der Waals surface area contributed by atoms with Gasteiger partial charge in [0.15, 0.2) is 0 Å². The Bertz CT molecular complexity index is 735. The van der Waals surface area contributed by atoms with Gasteiger partial charge in [-0.3, -0.25) is 9.59 Å². The van der Waals surface area contributed by atoms with E-state index in [9.17, 15) is 19.5 Å². The maximum absolute atomic E-state index is 12.6. The summed E-state index contributed by atoms with van der Waals surface area (Å²) in [7, 11) is 0. The Morgan fingerprint density at radius 2 is 1.67 bits per heavy atom. The summed E-state index contributed by atoms with van der Waals surface area (Å²) < 4.78 is 0. The van der Waals surface area contributed by atoms with Gasteiger partial charge in [-0.1, -0.05) is 12.1 Å². The van der Waals surface area contributed by atoms with Crippen molar-refractivity contribution in [2.24, 2.45) is 5.92 Å². The second-order valence-electron chi connectivity index (χ2n) is 8.66. The Morgan fingerprint density at radius 1 is 1.03 bits per heavy atom. The van der Waals surface area contributed by atoms with Gasteiger partial charge in [-0.25, -0.2) is 4.79 Å². The van der Waals surface area contributed by atoms with Gasteiger partial charge >= 0.3 is 5.97 Å². The van der Waals surface area contributed by atoms with Crippen molar-refractivity contribution in [2.45, 2.75) is 69.9 Å². The zero-order valence-corrected chi connectivity index (χ0v) is 17.7. The molecule has 3 rings (SSSR count). The number of nitrogens with one attached hydrogen (secondary N) is 3. The summed E-state index contributed by atoms with van der Waals surface area (Å²) in [5.41, 5.74) is 1.99. The highest BCUT2D eigenvalue weighted by atomic mass is 16.4. The molecule has 7 heteroatoms. The summed E-state index contributed by atoms with van der Waals surface area (Å²) in [6.45, 7) is 3.43. The molecule has 0 aromatic heterocycles. The van der Waals surface area contributed by atoms with Crippen LogP contribution < -0.4 is 16.0 Å². The highest BCUT2D eigenvalue weighted by molar-refractivity contribution is 5.94. The summed E-state index contributed by atoms with van der Waals surface area (Å²) in [4.78, 5) is 35.1. The van der Waals surface area contributed by atoms with Crippen molar-refractivity contribution in [1.82, 2.24) is 16.0 Å². The Balaban J connectivity index is 1.45. The lowest BCUT2D eigenvalue weighted by molar-refractivity contribution is -0.142. The first-order valence-corrected chi connectivity index (χ1v) is 11.0. The number of benzene rings is 1. The van der Waals surface area contributed by atoms with E-state index in [4.69, 9.17) is 0 Å². The van der Waals surface area contributed by atoms with Crippen molar-refractivity contribution in [3.63, 3.8) is 0 Å². The number of hydrogen-bond acceptors (Lipinski definition) is 4. The minimum atomic E-state index is -0.992. The molecule has 7 nitrogen and oxygen atoms in total. The monoisotopic (exact) mass is 415 g/mol. The Kier molecular flexibility index (Phi) is 7.85. The van der Waals surface area contributed by atoms with Gasteiger partial charge in [-0.2, -0.15) is 0 Å². The van der Waals surface area contributed by atoms with Gasteiger partial charge in [0, 0.05) is 18.5 Å². The second kappa shape index (κ2) is 10.6. The number of piperidine rings is 1. The van der Waals surface area contributed by atoms with Gasteiger partial charge in [0.25, 0.3) is 5.91 Å². The smallest absolute Gasteiger partial charge is 0.326 e. The van der Waals surface area contributed by atoms with Crippen LogP contribution in [0.25, 0.3) is 0 Å². The molecule has 1 saturated heterocycles. The Morgan fingerprint density at radius 3 is 2.23 bits per heavy atom. The predicted octanol–water partition coefficient (Wildman–Crippen LogP) is 2.42. The van der Waals surface area contributed by atoms with Crippen molar-refractivity contribution in [3.8, 4) is 0 Å². The van der Waals surface area contributed by atoms with Crippen LogP contribution in [0.4, 0.5) is 0 Å². The standard InChI is InChI=1S/C23H33N3O4/c1-15(27)25-21(23(29)30)14-16-2-8-20(9-3-16)26-22(28)19-6-4-17(5-7-19)18-10-12-24-13-11-18/h4-7,16,18,20-21,24H,2-3,8-14H2,1H3,(H,25,27)(H,26,28)(H,29,30). The fraction of sp³-hybridized carbons (Fsp3) is 0.609. The molecule has 164 valence electrons. The maximum Gasteiger partial charge on any atom is 0.326 e. The second-order valence-corrected chi connectivity index (χ2v) is 8.66. The molecule has 1 atom stereocenters. The molecule has 2 fully saturated rings. The molecule has 4 N–H and O–H groups in total. The average molecular weight is 416 g/mol. The van der Waals surface area contributed by atoms with Gasteiger partial charge in [-0.15, -0.1) is 0 Å². The molecule has 0 bridgehead atoms. The van der Waals surface area contributed by atoms with Gasteiger partial charge in [0.2, 0.25) is 5.91 Å². The van der Waals surface area contributed by atoms with E-state index in [0.717, 1.165) is 51.6 Å². The molecule has 1 saturated carbocycles. The number of amides is 2. The van der Waals surface area contributed by atoms with Gasteiger partial charge < -0.3 is 21.1 Å². The Hall–Kier alpha value is -2.41. The molecule has 1 aromatic carbocycles. The van der Waals surface area contributed by atoms with Crippen LogP contribution >= 0.6 is 0 Å². The number of hydrogen-bond donors (Lipinski definition) is 4. The normalized spacial score (nSPS) is 23.4. The third-order valence-corrected chi connectivity index (χ3v) is 6.41. The Labute approximate surface area is 178 Å². The summed E-state index contributed by atoms with van der Waals surface area (Å²) in [5, 5.41) is 18.3. The SMILES string of the molecule is CC(=O)NC(CC1CCC(NC(=O)c2ccc(C3CCNCC3)cc2)CC1)C(=O)O. The highest BCUT2D eigenvalue weighted by Gasteiger charge is 2.28. The zero-order valence-electron chi connectivity index (χ0n) is 17.7. The quantitative estimate of drug-likeness (QED) is 0.547. The first-order chi connectivity index (χ1) is 14.4. The highest BCUT2D eigenvalue weighted by Crippen LogP contribution is 2.29. The molecule has 2 aliphatic rings.